The molecule has 0 spiro atoms. The summed E-state index contributed by atoms with van der Waals surface area (Å²) in [6.45, 7) is 1.53. The molecule has 1 fully saturated rings. The first-order valence-electron chi connectivity index (χ1n) is 7.03. The molecule has 0 saturated heterocycles. The van der Waals surface area contributed by atoms with Gasteiger partial charge in [-0.2, -0.15) is 0 Å². The quantitative estimate of drug-likeness (QED) is 0.870. The molecule has 0 aromatic heterocycles. The van der Waals surface area contributed by atoms with Crippen molar-refractivity contribution >= 4 is 23.5 Å². The van der Waals surface area contributed by atoms with Gasteiger partial charge in [-0.25, -0.2) is 4.39 Å². The number of carboxylic acid groups (broad SMARTS) is 1. The molecular weight excluding hydrogens is 313 g/mol. The molecule has 7 heteroatoms. The monoisotopic (exact) mass is 329 g/mol. The van der Waals surface area contributed by atoms with Gasteiger partial charge in [-0.05, 0) is 38.0 Å². The smallest absolute Gasteiger partial charge is 0.308 e. The van der Waals surface area contributed by atoms with E-state index in [1.807, 2.05) is 0 Å². The van der Waals surface area contributed by atoms with Gasteiger partial charge in [0.1, 0.15) is 11.6 Å². The van der Waals surface area contributed by atoms with E-state index in [0.29, 0.717) is 12.8 Å². The van der Waals surface area contributed by atoms with Gasteiger partial charge in [0.05, 0.1) is 10.9 Å². The molecular formula is C15H17ClFNO4. The number of rotatable bonds is 5. The van der Waals surface area contributed by atoms with Crippen LogP contribution in [0.15, 0.2) is 18.2 Å². The number of amides is 1. The second kappa shape index (κ2) is 6.96. The summed E-state index contributed by atoms with van der Waals surface area (Å²) in [5, 5.41) is 11.9. The van der Waals surface area contributed by atoms with Crippen LogP contribution in [0.25, 0.3) is 0 Å². The molecule has 5 nitrogen and oxygen atoms in total. The third kappa shape index (κ3) is 3.88. The molecule has 2 rings (SSSR count). The van der Waals surface area contributed by atoms with E-state index < -0.39 is 29.7 Å². The molecule has 0 heterocycles. The highest BCUT2D eigenvalue weighted by molar-refractivity contribution is 6.32. The van der Waals surface area contributed by atoms with E-state index in [0.717, 1.165) is 12.5 Å². The molecule has 1 aliphatic carbocycles. The Labute approximate surface area is 132 Å². The Kier molecular flexibility index (Phi) is 5.24. The zero-order valence-electron chi connectivity index (χ0n) is 12.0. The average Bonchev–Trinajstić information content (AvgIpc) is 2.90. The highest BCUT2D eigenvalue weighted by atomic mass is 35.5. The number of carbonyl (C=O) groups excluding carboxylic acids is 1. The van der Waals surface area contributed by atoms with Crippen molar-refractivity contribution in [2.75, 3.05) is 0 Å². The third-order valence-corrected chi connectivity index (χ3v) is 4.02. The van der Waals surface area contributed by atoms with E-state index in [1.54, 1.807) is 0 Å². The van der Waals surface area contributed by atoms with Gasteiger partial charge in [0.2, 0.25) is 0 Å². The maximum atomic E-state index is 13.0. The van der Waals surface area contributed by atoms with E-state index in [-0.39, 0.29) is 16.8 Å². The number of hydrogen-bond donors (Lipinski definition) is 2. The van der Waals surface area contributed by atoms with Crippen LogP contribution < -0.4 is 10.1 Å². The number of benzene rings is 1. The van der Waals surface area contributed by atoms with E-state index in [9.17, 15) is 14.0 Å². The first kappa shape index (κ1) is 16.5. The van der Waals surface area contributed by atoms with Gasteiger partial charge < -0.3 is 15.2 Å². The normalized spacial score (nSPS) is 22.1. The first-order chi connectivity index (χ1) is 10.4. The fourth-order valence-corrected chi connectivity index (χ4v) is 2.75. The Morgan fingerprint density at radius 3 is 2.82 bits per heavy atom. The van der Waals surface area contributed by atoms with Gasteiger partial charge in [0.25, 0.3) is 5.91 Å². The van der Waals surface area contributed by atoms with Crippen LogP contribution in [0.2, 0.25) is 5.02 Å². The molecule has 0 aliphatic heterocycles. The molecule has 120 valence electrons. The Morgan fingerprint density at radius 2 is 2.18 bits per heavy atom. The predicted octanol–water partition coefficient (Wildman–Crippen LogP) is 2.62. The molecule has 1 saturated carbocycles. The Morgan fingerprint density at radius 1 is 1.45 bits per heavy atom. The standard InChI is InChI=1S/C15H17ClFNO4/c1-8(22-13-6-5-9(17)7-11(13)16)14(19)18-12-4-2-3-10(12)15(20)21/h5-8,10,12H,2-4H2,1H3,(H,18,19)(H,20,21)/t8?,10-,12+/m0/s1. The van der Waals surface area contributed by atoms with Crippen LogP contribution in [0.5, 0.6) is 5.75 Å². The summed E-state index contributed by atoms with van der Waals surface area (Å²) in [5.74, 6) is -2.18. The summed E-state index contributed by atoms with van der Waals surface area (Å²) >= 11 is 5.84. The van der Waals surface area contributed by atoms with E-state index in [4.69, 9.17) is 21.4 Å². The average molecular weight is 330 g/mol. The van der Waals surface area contributed by atoms with E-state index in [2.05, 4.69) is 5.32 Å². The third-order valence-electron chi connectivity index (χ3n) is 3.73. The van der Waals surface area contributed by atoms with Crippen LogP contribution in [0.3, 0.4) is 0 Å². The lowest BCUT2D eigenvalue weighted by Crippen LogP contribution is -2.45. The van der Waals surface area contributed by atoms with Crippen LogP contribution >= 0.6 is 11.6 Å². The molecule has 1 amide bonds. The molecule has 22 heavy (non-hydrogen) atoms. The van der Waals surface area contributed by atoms with Gasteiger partial charge in [0.15, 0.2) is 6.10 Å². The summed E-state index contributed by atoms with van der Waals surface area (Å²) in [4.78, 5) is 23.2. The molecule has 1 aromatic rings. The van der Waals surface area contributed by atoms with Crippen molar-refractivity contribution in [3.8, 4) is 5.75 Å². The van der Waals surface area contributed by atoms with Crippen LogP contribution in [0.4, 0.5) is 4.39 Å². The number of aliphatic carboxylic acids is 1. The molecule has 1 unspecified atom stereocenters. The zero-order valence-corrected chi connectivity index (χ0v) is 12.8. The lowest BCUT2D eigenvalue weighted by Gasteiger charge is -2.21. The second-order valence-electron chi connectivity index (χ2n) is 5.33. The van der Waals surface area contributed by atoms with Crippen molar-refractivity contribution in [1.29, 1.82) is 0 Å². The number of halogens is 2. The van der Waals surface area contributed by atoms with Crippen LogP contribution in [-0.4, -0.2) is 29.1 Å². The van der Waals surface area contributed by atoms with E-state index in [1.165, 1.54) is 19.1 Å². The Hall–Kier alpha value is -1.82. The summed E-state index contributed by atoms with van der Waals surface area (Å²) in [6.07, 6.45) is 1.09. The fourth-order valence-electron chi connectivity index (χ4n) is 2.54. The number of hydrogen-bond acceptors (Lipinski definition) is 3. The lowest BCUT2D eigenvalue weighted by molar-refractivity contribution is -0.142. The molecule has 2 N–H and O–H groups in total. The summed E-state index contributed by atoms with van der Waals surface area (Å²) < 4.78 is 18.4. The maximum absolute atomic E-state index is 13.0. The number of ether oxygens (including phenoxy) is 1. The van der Waals surface area contributed by atoms with E-state index >= 15 is 0 Å². The highest BCUT2D eigenvalue weighted by Gasteiger charge is 2.34. The van der Waals surface area contributed by atoms with Crippen LogP contribution in [0, 0.1) is 11.7 Å². The van der Waals surface area contributed by atoms with Gasteiger partial charge in [-0.1, -0.05) is 18.0 Å². The van der Waals surface area contributed by atoms with Crippen LogP contribution in [0.1, 0.15) is 26.2 Å². The maximum Gasteiger partial charge on any atom is 0.308 e. The molecule has 1 aliphatic rings. The van der Waals surface area contributed by atoms with Gasteiger partial charge in [0, 0.05) is 6.04 Å². The Balaban J connectivity index is 1.96. The SMILES string of the molecule is CC(Oc1ccc(F)cc1Cl)C(=O)N[C@@H]1CCC[C@@H]1C(=O)O. The summed E-state index contributed by atoms with van der Waals surface area (Å²) in [6, 6.07) is 3.24. The molecule has 3 atom stereocenters. The zero-order chi connectivity index (χ0) is 16.3. The van der Waals surface area contributed by atoms with Gasteiger partial charge in [-0.15, -0.1) is 0 Å². The first-order valence-corrected chi connectivity index (χ1v) is 7.41. The second-order valence-corrected chi connectivity index (χ2v) is 5.73. The fraction of sp³-hybridized carbons (Fsp3) is 0.467. The summed E-state index contributed by atoms with van der Waals surface area (Å²) in [5.41, 5.74) is 0. The largest absolute Gasteiger partial charge is 0.481 e. The molecule has 0 bridgehead atoms. The molecule has 1 aromatic carbocycles. The van der Waals surface area contributed by atoms with Crippen molar-refractivity contribution in [3.63, 3.8) is 0 Å². The van der Waals surface area contributed by atoms with Crippen molar-refractivity contribution < 1.29 is 23.8 Å². The minimum Gasteiger partial charge on any atom is -0.481 e. The van der Waals surface area contributed by atoms with Crippen LogP contribution in [-0.2, 0) is 9.59 Å². The van der Waals surface area contributed by atoms with Gasteiger partial charge in [-0.3, -0.25) is 9.59 Å². The van der Waals surface area contributed by atoms with Crippen molar-refractivity contribution in [2.45, 2.75) is 38.3 Å². The minimum atomic E-state index is -0.905. The summed E-state index contributed by atoms with van der Waals surface area (Å²) in [7, 11) is 0. The van der Waals surface area contributed by atoms with Crippen molar-refractivity contribution in [3.05, 3.63) is 29.0 Å². The number of carboxylic acids is 1. The van der Waals surface area contributed by atoms with Crippen molar-refractivity contribution in [2.24, 2.45) is 5.92 Å². The van der Waals surface area contributed by atoms with Crippen molar-refractivity contribution in [1.82, 2.24) is 5.32 Å². The molecule has 0 radical (unpaired) electrons. The topological polar surface area (TPSA) is 75.6 Å². The number of carbonyl (C=O) groups is 2. The Bertz CT molecular complexity index is 581. The predicted molar refractivity (Wildman–Crippen MR) is 78.4 cm³/mol. The van der Waals surface area contributed by atoms with Gasteiger partial charge >= 0.3 is 5.97 Å². The number of nitrogens with one attached hydrogen (secondary N) is 1. The lowest BCUT2D eigenvalue weighted by atomic mass is 10.0. The minimum absolute atomic E-state index is 0.0731. The highest BCUT2D eigenvalue weighted by Crippen LogP contribution is 2.27.